The van der Waals surface area contributed by atoms with Gasteiger partial charge in [0.05, 0.1) is 23.8 Å². The van der Waals surface area contributed by atoms with Crippen molar-refractivity contribution in [1.82, 2.24) is 31.6 Å². The van der Waals surface area contributed by atoms with Crippen molar-refractivity contribution in [2.75, 3.05) is 26.2 Å². The van der Waals surface area contributed by atoms with Crippen LogP contribution < -0.4 is 32.3 Å². The van der Waals surface area contributed by atoms with E-state index in [1.807, 2.05) is 0 Å². The maximum Gasteiger partial charge on any atom is 0.335 e. The summed E-state index contributed by atoms with van der Waals surface area (Å²) in [6.07, 6.45) is 6.28. The van der Waals surface area contributed by atoms with Crippen molar-refractivity contribution >= 4 is 40.7 Å². The van der Waals surface area contributed by atoms with Gasteiger partial charge in [0.25, 0.3) is 0 Å². The molecule has 1 aromatic heterocycles. The minimum Gasteiger partial charge on any atom is -0.427 e. The Morgan fingerprint density at radius 3 is 2.84 bits per heavy atom. The third-order valence-electron chi connectivity index (χ3n) is 7.75. The number of nitrogens with zero attached hydrogens (tertiary/aromatic N) is 3. The molecule has 6 rings (SSSR count). The number of hydrazone groups is 1. The highest BCUT2D eigenvalue weighted by atomic mass is 35.5. The highest BCUT2D eigenvalue weighted by Gasteiger charge is 2.38. The summed E-state index contributed by atoms with van der Waals surface area (Å²) >= 11 is 7.49. The minimum atomic E-state index is -0.601. The molecule has 1 aromatic carbocycles. The average Bonchev–Trinajstić information content (AvgIpc) is 2.98. The number of nitrogens with one attached hydrogen (secondary N) is 5. The molecular formula is C29H32ClFN8O3S. The van der Waals surface area contributed by atoms with E-state index in [2.05, 4.69) is 41.7 Å². The van der Waals surface area contributed by atoms with Gasteiger partial charge >= 0.3 is 5.63 Å². The first-order chi connectivity index (χ1) is 20.9. The summed E-state index contributed by atoms with van der Waals surface area (Å²) in [5.41, 5.74) is 3.48. The number of rotatable bonds is 8. The van der Waals surface area contributed by atoms with Gasteiger partial charge in [-0.25, -0.2) is 14.2 Å². The molecule has 2 unspecified atom stereocenters. The predicted molar refractivity (Wildman–Crippen MR) is 165 cm³/mol. The molecule has 3 aliphatic heterocycles. The Labute approximate surface area is 257 Å². The summed E-state index contributed by atoms with van der Waals surface area (Å²) in [5.74, 6) is 0.902. The number of benzene rings is 1. The number of hydrogen-bond acceptors (Lipinski definition) is 11. The van der Waals surface area contributed by atoms with Crippen molar-refractivity contribution in [2.45, 2.75) is 36.8 Å². The number of amides is 1. The fraction of sp³-hybridized carbons (Fsp3) is 0.379. The highest BCUT2D eigenvalue weighted by Crippen LogP contribution is 2.32. The lowest BCUT2D eigenvalue weighted by atomic mass is 9.78. The topological polar surface area (TPSA) is 135 Å². The summed E-state index contributed by atoms with van der Waals surface area (Å²) in [6.45, 7) is 4.03. The van der Waals surface area contributed by atoms with E-state index in [1.165, 1.54) is 36.3 Å². The van der Waals surface area contributed by atoms with Gasteiger partial charge in [0.15, 0.2) is 0 Å². The maximum atomic E-state index is 14.7. The predicted octanol–water partition coefficient (Wildman–Crippen LogP) is 2.40. The van der Waals surface area contributed by atoms with Gasteiger partial charge < -0.3 is 25.7 Å². The molecule has 0 bridgehead atoms. The molecule has 14 heteroatoms. The highest BCUT2D eigenvalue weighted by molar-refractivity contribution is 8.13. The molecule has 0 radical (unpaired) electrons. The van der Waals surface area contributed by atoms with Crippen LogP contribution in [0, 0.1) is 11.7 Å². The fourth-order valence-corrected chi connectivity index (χ4v) is 6.39. The maximum absolute atomic E-state index is 14.7. The molecular weight excluding hydrogens is 595 g/mol. The quantitative estimate of drug-likeness (QED) is 0.299. The molecule has 2 fully saturated rings. The smallest absolute Gasteiger partial charge is 0.335 e. The van der Waals surface area contributed by atoms with Gasteiger partial charge in [-0.2, -0.15) is 5.10 Å². The number of carbonyl (C=O) groups excluding carboxylic acids is 1. The monoisotopic (exact) mass is 626 g/mol. The molecule has 11 nitrogen and oxygen atoms in total. The first-order valence-corrected chi connectivity index (χ1v) is 15.5. The normalized spacial score (nSPS) is 25.3. The van der Waals surface area contributed by atoms with E-state index in [0.29, 0.717) is 44.7 Å². The van der Waals surface area contributed by atoms with Crippen molar-refractivity contribution in [2.24, 2.45) is 16.0 Å². The van der Waals surface area contributed by atoms with Crippen molar-refractivity contribution in [3.05, 3.63) is 92.7 Å². The fourth-order valence-electron chi connectivity index (χ4n) is 5.38. The van der Waals surface area contributed by atoms with Crippen molar-refractivity contribution in [3.63, 3.8) is 0 Å². The van der Waals surface area contributed by atoms with Gasteiger partial charge in [-0.05, 0) is 43.2 Å². The number of halogens is 2. The molecule has 2 atom stereocenters. The van der Waals surface area contributed by atoms with Crippen LogP contribution >= 0.6 is 23.4 Å². The van der Waals surface area contributed by atoms with Crippen molar-refractivity contribution in [1.29, 1.82) is 0 Å². The van der Waals surface area contributed by atoms with E-state index in [0.717, 1.165) is 39.0 Å². The standard InChI is InChI=1S/C29H32ClFN8O3S/c30-18-4-5-22(31)21(12-18)23-13-24(29(38-37-23)43-15-20-2-1-3-27(40)42-20)35-25-14-26(34-16-33-25)36-28(41)17-10-19(11-17)39-8-6-32-7-9-39/h1-5,12-14,16-17,19,23,25,32,35,37H,6-11,15H2,(H,33,34)(H,36,41). The number of carbonyl (C=O) groups is 1. The third-order valence-corrected chi connectivity index (χ3v) is 9.00. The van der Waals surface area contributed by atoms with E-state index in [9.17, 15) is 14.0 Å². The molecule has 1 amide bonds. The Morgan fingerprint density at radius 1 is 1.19 bits per heavy atom. The summed E-state index contributed by atoms with van der Waals surface area (Å²) in [6, 6.07) is 8.92. The van der Waals surface area contributed by atoms with E-state index < -0.39 is 23.7 Å². The van der Waals surface area contributed by atoms with E-state index in [1.54, 1.807) is 30.4 Å². The SMILES string of the molecule is O=C(NC1=CC(NC2=CC(c3cc(Cl)ccc3F)NN=C2SCc2cccc(=O)o2)N=CN1)C1CC(N2CCNCC2)C1. The molecule has 4 aliphatic rings. The summed E-state index contributed by atoms with van der Waals surface area (Å²) in [4.78, 5) is 31.5. The summed E-state index contributed by atoms with van der Waals surface area (Å²) in [7, 11) is 0. The molecule has 4 heterocycles. The molecule has 226 valence electrons. The van der Waals surface area contributed by atoms with Crippen LogP contribution in [0.15, 0.2) is 79.4 Å². The van der Waals surface area contributed by atoms with Gasteiger partial charge in [-0.15, -0.1) is 0 Å². The van der Waals surface area contributed by atoms with Crippen LogP contribution in [0.25, 0.3) is 0 Å². The second-order valence-electron chi connectivity index (χ2n) is 10.7. The van der Waals surface area contributed by atoms with Gasteiger partial charge in [0, 0.05) is 60.9 Å². The lowest BCUT2D eigenvalue weighted by molar-refractivity contribution is -0.129. The molecule has 43 heavy (non-hydrogen) atoms. The zero-order chi connectivity index (χ0) is 29.8. The van der Waals surface area contributed by atoms with Gasteiger partial charge in [-0.1, -0.05) is 29.4 Å². The van der Waals surface area contributed by atoms with Gasteiger partial charge in [0.1, 0.15) is 28.6 Å². The Hall–Kier alpha value is -3.65. The second kappa shape index (κ2) is 13.3. The Kier molecular flexibility index (Phi) is 9.12. The Morgan fingerprint density at radius 2 is 2.02 bits per heavy atom. The minimum absolute atomic E-state index is 0.0149. The first-order valence-electron chi connectivity index (χ1n) is 14.2. The Bertz CT molecular complexity index is 1530. The number of thioether (sulfide) groups is 1. The van der Waals surface area contributed by atoms with E-state index in [4.69, 9.17) is 16.0 Å². The molecule has 1 saturated carbocycles. The molecule has 1 aliphatic carbocycles. The largest absolute Gasteiger partial charge is 0.427 e. The van der Waals surface area contributed by atoms with E-state index >= 15 is 0 Å². The van der Waals surface area contributed by atoms with Crippen molar-refractivity contribution in [3.8, 4) is 0 Å². The summed E-state index contributed by atoms with van der Waals surface area (Å²) < 4.78 is 20.0. The van der Waals surface area contributed by atoms with Crippen molar-refractivity contribution < 1.29 is 13.6 Å². The number of hydrogen-bond donors (Lipinski definition) is 5. The Balaban J connectivity index is 1.13. The van der Waals surface area contributed by atoms with Crippen LogP contribution in [0.5, 0.6) is 0 Å². The van der Waals surface area contributed by atoms with Crippen LogP contribution in [0.4, 0.5) is 4.39 Å². The molecule has 5 N–H and O–H groups in total. The molecule has 0 spiro atoms. The lowest BCUT2D eigenvalue weighted by Gasteiger charge is -2.44. The molecule has 1 saturated heterocycles. The number of aliphatic imine (C=N–C) groups is 1. The number of piperazine rings is 1. The lowest BCUT2D eigenvalue weighted by Crippen LogP contribution is -2.55. The molecule has 2 aromatic rings. The van der Waals surface area contributed by atoms with Crippen LogP contribution in [-0.2, 0) is 10.5 Å². The van der Waals surface area contributed by atoms with Crippen LogP contribution in [-0.4, -0.2) is 60.6 Å². The van der Waals surface area contributed by atoms with E-state index in [-0.39, 0.29) is 11.8 Å². The average molecular weight is 627 g/mol. The van der Waals surface area contributed by atoms with Crippen LogP contribution in [0.1, 0.15) is 30.2 Å². The third kappa shape index (κ3) is 7.29. The zero-order valence-electron chi connectivity index (χ0n) is 23.2. The van der Waals surface area contributed by atoms with Gasteiger partial charge in [-0.3, -0.25) is 15.1 Å². The van der Waals surface area contributed by atoms with Crippen LogP contribution in [0.2, 0.25) is 5.02 Å². The zero-order valence-corrected chi connectivity index (χ0v) is 24.8. The van der Waals surface area contributed by atoms with Crippen LogP contribution in [0.3, 0.4) is 0 Å². The first kappa shape index (κ1) is 29.4. The summed E-state index contributed by atoms with van der Waals surface area (Å²) in [5, 5.41) is 18.2. The van der Waals surface area contributed by atoms with Gasteiger partial charge in [0.2, 0.25) is 5.91 Å². The second-order valence-corrected chi connectivity index (χ2v) is 12.1.